The highest BCUT2D eigenvalue weighted by Crippen LogP contribution is 2.20. The number of para-hydroxylation sites is 1. The zero-order valence-corrected chi connectivity index (χ0v) is 24.8. The molecule has 2 aromatic carbocycles. The van der Waals surface area contributed by atoms with Crippen molar-refractivity contribution in [3.63, 3.8) is 0 Å². The number of aromatic nitrogens is 1. The van der Waals surface area contributed by atoms with E-state index >= 15 is 0 Å². The summed E-state index contributed by atoms with van der Waals surface area (Å²) in [6.07, 6.45) is 3.78. The van der Waals surface area contributed by atoms with Gasteiger partial charge in [0, 0.05) is 36.5 Å². The first kappa shape index (κ1) is 32.8. The molecule has 4 atom stereocenters. The van der Waals surface area contributed by atoms with E-state index in [1.165, 1.54) is 12.1 Å². The molecule has 45 heavy (non-hydrogen) atoms. The predicted molar refractivity (Wildman–Crippen MR) is 168 cm³/mol. The average molecular weight is 621 g/mol. The van der Waals surface area contributed by atoms with Crippen LogP contribution < -0.4 is 32.7 Å². The van der Waals surface area contributed by atoms with Gasteiger partial charge in [0.2, 0.25) is 17.7 Å². The van der Waals surface area contributed by atoms with Crippen LogP contribution in [0.1, 0.15) is 36.8 Å². The third-order valence-electron chi connectivity index (χ3n) is 7.68. The van der Waals surface area contributed by atoms with E-state index in [-0.39, 0.29) is 43.4 Å². The van der Waals surface area contributed by atoms with Gasteiger partial charge in [0.1, 0.15) is 23.9 Å². The van der Waals surface area contributed by atoms with Gasteiger partial charge in [0.05, 0.1) is 6.04 Å². The number of rotatable bonds is 15. The topological polar surface area (TPSA) is 237 Å². The Morgan fingerprint density at radius 3 is 2.33 bits per heavy atom. The van der Waals surface area contributed by atoms with Crippen LogP contribution in [0.4, 0.5) is 0 Å². The zero-order chi connectivity index (χ0) is 32.3. The largest absolute Gasteiger partial charge is 0.508 e. The summed E-state index contributed by atoms with van der Waals surface area (Å²) in [6.45, 7) is 0.932. The highest BCUT2D eigenvalue weighted by molar-refractivity contribution is 5.95. The molecule has 3 aromatic rings. The second-order valence-corrected chi connectivity index (χ2v) is 11.1. The first-order chi connectivity index (χ1) is 21.6. The Balaban J connectivity index is 1.55. The number of fused-ring (bicyclic) bond motifs is 1. The van der Waals surface area contributed by atoms with E-state index in [9.17, 15) is 29.4 Å². The third-order valence-corrected chi connectivity index (χ3v) is 7.68. The van der Waals surface area contributed by atoms with E-state index in [0.29, 0.717) is 24.9 Å². The molecule has 0 bridgehead atoms. The van der Waals surface area contributed by atoms with E-state index in [0.717, 1.165) is 22.9 Å². The number of aliphatic imine (C=N–C) groups is 1. The predicted octanol–water partition coefficient (Wildman–Crippen LogP) is 0.00330. The monoisotopic (exact) mass is 620 g/mol. The number of H-pyrrole nitrogens is 1. The molecule has 0 aliphatic carbocycles. The molecule has 3 amide bonds. The van der Waals surface area contributed by atoms with Crippen LogP contribution in [0.2, 0.25) is 0 Å². The van der Waals surface area contributed by atoms with Crippen molar-refractivity contribution < 1.29 is 29.4 Å². The lowest BCUT2D eigenvalue weighted by Gasteiger charge is -2.25. The maximum absolute atomic E-state index is 13.7. The molecular weight excluding hydrogens is 580 g/mol. The summed E-state index contributed by atoms with van der Waals surface area (Å²) in [5.74, 6) is -2.96. The molecule has 1 saturated heterocycles. The fraction of sp³-hybridized carbons (Fsp3) is 0.387. The summed E-state index contributed by atoms with van der Waals surface area (Å²) in [7, 11) is 0. The summed E-state index contributed by atoms with van der Waals surface area (Å²) < 4.78 is 0. The lowest BCUT2D eigenvalue weighted by Crippen LogP contribution is -2.57. The molecule has 1 aliphatic rings. The van der Waals surface area contributed by atoms with Crippen LogP contribution in [0, 0.1) is 0 Å². The molecule has 1 fully saturated rings. The lowest BCUT2D eigenvalue weighted by atomic mass is 10.0. The van der Waals surface area contributed by atoms with Gasteiger partial charge >= 0.3 is 5.97 Å². The molecule has 0 radical (unpaired) electrons. The van der Waals surface area contributed by atoms with Gasteiger partial charge in [-0.2, -0.15) is 0 Å². The van der Waals surface area contributed by atoms with Crippen LogP contribution in [0.5, 0.6) is 5.75 Å². The number of carbonyl (C=O) groups is 4. The van der Waals surface area contributed by atoms with Crippen molar-refractivity contribution in [1.82, 2.24) is 26.3 Å². The van der Waals surface area contributed by atoms with Gasteiger partial charge in [-0.05, 0) is 61.6 Å². The minimum absolute atomic E-state index is 0.0276. The van der Waals surface area contributed by atoms with Crippen LogP contribution in [-0.4, -0.2) is 82.1 Å². The molecule has 14 heteroatoms. The quantitative estimate of drug-likeness (QED) is 0.0631. The summed E-state index contributed by atoms with van der Waals surface area (Å²) >= 11 is 0. The van der Waals surface area contributed by atoms with Gasteiger partial charge in [-0.1, -0.05) is 30.3 Å². The fourth-order valence-corrected chi connectivity index (χ4v) is 5.30. The number of aromatic amines is 1. The summed E-state index contributed by atoms with van der Waals surface area (Å²) in [5.41, 5.74) is 13.0. The number of aromatic hydroxyl groups is 1. The first-order valence-corrected chi connectivity index (χ1v) is 14.9. The first-order valence-electron chi connectivity index (χ1n) is 14.9. The molecule has 0 saturated carbocycles. The number of hydrogen-bond acceptors (Lipinski definition) is 7. The molecular formula is C31H40N8O6. The molecule has 4 unspecified atom stereocenters. The Morgan fingerprint density at radius 1 is 0.933 bits per heavy atom. The van der Waals surface area contributed by atoms with E-state index in [1.54, 1.807) is 18.3 Å². The summed E-state index contributed by atoms with van der Waals surface area (Å²) in [6, 6.07) is 9.54. The highest BCUT2D eigenvalue weighted by atomic mass is 16.4. The number of carboxylic acids is 1. The molecule has 14 nitrogen and oxygen atoms in total. The van der Waals surface area contributed by atoms with Crippen molar-refractivity contribution in [2.24, 2.45) is 16.5 Å². The zero-order valence-electron chi connectivity index (χ0n) is 24.8. The second-order valence-electron chi connectivity index (χ2n) is 11.1. The van der Waals surface area contributed by atoms with Crippen LogP contribution in [0.15, 0.2) is 59.7 Å². The summed E-state index contributed by atoms with van der Waals surface area (Å²) in [4.78, 5) is 59.6. The number of nitrogens with two attached hydrogens (primary N) is 2. The number of carbonyl (C=O) groups excluding carboxylic acids is 3. The number of phenolic OH excluding ortho intramolecular Hbond substituents is 1. The minimum atomic E-state index is -1.31. The van der Waals surface area contributed by atoms with Gasteiger partial charge in [-0.15, -0.1) is 0 Å². The Morgan fingerprint density at radius 2 is 1.64 bits per heavy atom. The maximum atomic E-state index is 13.7. The highest BCUT2D eigenvalue weighted by Gasteiger charge is 2.32. The fourth-order valence-electron chi connectivity index (χ4n) is 5.30. The number of carboxylic acid groups (broad SMARTS) is 1. The standard InChI is InChI=1S/C31H40N8O6/c32-31(33)35-14-4-8-24(37-27(41)23-7-3-13-34-23)28(42)38-25(16-19-17-36-22-6-2-1-5-21(19)22)29(43)39-26(30(44)45)15-18-9-11-20(40)12-10-18/h1-2,5-6,9-12,17,23-26,34,36,40H,3-4,7-8,13-16H2,(H,37,41)(H,38,42)(H,39,43)(H,44,45)(H4,32,33,35). The number of nitrogens with zero attached hydrogens (tertiary/aromatic N) is 1. The number of phenols is 1. The van der Waals surface area contributed by atoms with Crippen molar-refractivity contribution in [3.05, 3.63) is 65.9 Å². The van der Waals surface area contributed by atoms with Crippen LogP contribution >= 0.6 is 0 Å². The van der Waals surface area contributed by atoms with E-state index in [2.05, 4.69) is 31.2 Å². The molecule has 4 rings (SSSR count). The Kier molecular flexibility index (Phi) is 11.3. The number of aliphatic carboxylic acids is 1. The van der Waals surface area contributed by atoms with Gasteiger partial charge < -0.3 is 47.9 Å². The third kappa shape index (κ3) is 9.44. The molecule has 2 heterocycles. The van der Waals surface area contributed by atoms with Crippen molar-refractivity contribution >= 4 is 40.6 Å². The maximum Gasteiger partial charge on any atom is 0.326 e. The van der Waals surface area contributed by atoms with E-state index in [1.807, 2.05) is 24.3 Å². The molecule has 11 N–H and O–H groups in total. The van der Waals surface area contributed by atoms with E-state index in [4.69, 9.17) is 11.5 Å². The molecule has 240 valence electrons. The number of guanidine groups is 1. The number of nitrogens with one attached hydrogen (secondary N) is 5. The van der Waals surface area contributed by atoms with Gasteiger partial charge in [0.25, 0.3) is 0 Å². The van der Waals surface area contributed by atoms with Crippen molar-refractivity contribution in [3.8, 4) is 5.75 Å². The number of benzene rings is 2. The van der Waals surface area contributed by atoms with Crippen LogP contribution in [0.25, 0.3) is 10.9 Å². The Hall–Kier alpha value is -5.11. The molecule has 0 spiro atoms. The number of hydrogen-bond donors (Lipinski definition) is 9. The Labute approximate surface area is 260 Å². The van der Waals surface area contributed by atoms with Gasteiger partial charge in [-0.25, -0.2) is 4.79 Å². The smallest absolute Gasteiger partial charge is 0.326 e. The van der Waals surface area contributed by atoms with Crippen molar-refractivity contribution in [2.45, 2.75) is 62.7 Å². The minimum Gasteiger partial charge on any atom is -0.508 e. The average Bonchev–Trinajstić information content (AvgIpc) is 3.70. The second kappa shape index (κ2) is 15.6. The normalized spacial score (nSPS) is 16.3. The number of amides is 3. The molecule has 1 aromatic heterocycles. The van der Waals surface area contributed by atoms with Gasteiger partial charge in [0.15, 0.2) is 5.96 Å². The van der Waals surface area contributed by atoms with Crippen LogP contribution in [-0.2, 0) is 32.0 Å². The van der Waals surface area contributed by atoms with Crippen molar-refractivity contribution in [1.29, 1.82) is 0 Å². The molecule has 1 aliphatic heterocycles. The Bertz CT molecular complexity index is 1510. The lowest BCUT2D eigenvalue weighted by molar-refractivity contribution is -0.142. The van der Waals surface area contributed by atoms with Gasteiger partial charge in [-0.3, -0.25) is 19.4 Å². The SMILES string of the molecule is NC(N)=NCCCC(NC(=O)C1CCCN1)C(=O)NC(Cc1c[nH]c2ccccc12)C(=O)NC(Cc1ccc(O)cc1)C(=O)O. The van der Waals surface area contributed by atoms with E-state index < -0.39 is 42.0 Å². The van der Waals surface area contributed by atoms with Crippen molar-refractivity contribution in [2.75, 3.05) is 13.1 Å². The summed E-state index contributed by atoms with van der Waals surface area (Å²) in [5, 5.41) is 31.6. The van der Waals surface area contributed by atoms with Crippen LogP contribution in [0.3, 0.4) is 0 Å².